The normalized spacial score (nSPS) is 9.75. The summed E-state index contributed by atoms with van der Waals surface area (Å²) in [5.41, 5.74) is 0.670. The van der Waals surface area contributed by atoms with E-state index in [4.69, 9.17) is 11.8 Å². The molecule has 0 unspecified atom stereocenters. The number of para-hydroxylation sites is 1. The van der Waals surface area contributed by atoms with E-state index in [-0.39, 0.29) is 5.69 Å². The zero-order valence-electron chi connectivity index (χ0n) is 6.16. The summed E-state index contributed by atoms with van der Waals surface area (Å²) in [5.74, 6) is 0. The molecule has 0 amide bonds. The van der Waals surface area contributed by atoms with Gasteiger partial charge in [0.1, 0.15) is 0 Å². The van der Waals surface area contributed by atoms with Gasteiger partial charge in [0, 0.05) is 18.2 Å². The summed E-state index contributed by atoms with van der Waals surface area (Å²) in [5, 5.41) is 10.4. The molecule has 0 saturated carbocycles. The lowest BCUT2D eigenvalue weighted by Gasteiger charge is -1.98. The van der Waals surface area contributed by atoms with E-state index < -0.39 is 4.92 Å². The van der Waals surface area contributed by atoms with E-state index in [2.05, 4.69) is 4.84 Å². The van der Waals surface area contributed by atoms with Gasteiger partial charge in [-0.25, -0.2) is 4.84 Å². The summed E-state index contributed by atoms with van der Waals surface area (Å²) in [4.78, 5) is 12.4. The molecular formula is C7H7ClN2O2. The maximum atomic E-state index is 10.4. The van der Waals surface area contributed by atoms with E-state index in [1.165, 1.54) is 6.07 Å². The number of hydrogen-bond acceptors (Lipinski definition) is 3. The zero-order valence-corrected chi connectivity index (χ0v) is 6.91. The number of nitrogens with zero attached hydrogens (tertiary/aromatic N) is 1. The molecule has 0 aliphatic rings. The number of nitro groups is 1. The molecule has 1 aromatic rings. The van der Waals surface area contributed by atoms with Crippen LogP contribution < -0.4 is 4.84 Å². The Morgan fingerprint density at radius 3 is 2.75 bits per heavy atom. The molecule has 0 fully saturated rings. The molecule has 5 heteroatoms. The Balaban J connectivity index is 3.00. The van der Waals surface area contributed by atoms with Gasteiger partial charge in [0.05, 0.1) is 4.92 Å². The van der Waals surface area contributed by atoms with Crippen molar-refractivity contribution < 1.29 is 4.92 Å². The molecule has 4 nitrogen and oxygen atoms in total. The molecule has 0 saturated heterocycles. The predicted molar refractivity (Wildman–Crippen MR) is 45.8 cm³/mol. The van der Waals surface area contributed by atoms with E-state index in [1.807, 2.05) is 0 Å². The van der Waals surface area contributed by atoms with Gasteiger partial charge in [-0.15, -0.1) is 0 Å². The Morgan fingerprint density at radius 1 is 1.50 bits per heavy atom. The third-order valence-corrected chi connectivity index (χ3v) is 1.58. The van der Waals surface area contributed by atoms with Crippen molar-refractivity contribution in [3.05, 3.63) is 39.9 Å². The minimum absolute atomic E-state index is 0.0886. The SMILES string of the molecule is O=[N+]([O-])c1ccccc1CNCl. The Hall–Kier alpha value is -1.13. The van der Waals surface area contributed by atoms with Gasteiger partial charge in [0.2, 0.25) is 0 Å². The van der Waals surface area contributed by atoms with Crippen molar-refractivity contribution in [3.63, 3.8) is 0 Å². The van der Waals surface area contributed by atoms with Crippen molar-refractivity contribution in [2.45, 2.75) is 6.54 Å². The van der Waals surface area contributed by atoms with Crippen LogP contribution in [0.15, 0.2) is 24.3 Å². The first-order valence-electron chi connectivity index (χ1n) is 3.31. The van der Waals surface area contributed by atoms with Gasteiger partial charge in [-0.2, -0.15) is 0 Å². The number of nitro benzene ring substituents is 1. The topological polar surface area (TPSA) is 55.2 Å². The van der Waals surface area contributed by atoms with Crippen LogP contribution >= 0.6 is 11.8 Å². The van der Waals surface area contributed by atoms with Gasteiger partial charge < -0.3 is 0 Å². The first-order chi connectivity index (χ1) is 5.75. The van der Waals surface area contributed by atoms with Gasteiger partial charge >= 0.3 is 0 Å². The van der Waals surface area contributed by atoms with Crippen LogP contribution in [0.1, 0.15) is 5.56 Å². The van der Waals surface area contributed by atoms with Gasteiger partial charge in [0.15, 0.2) is 0 Å². The third kappa shape index (κ3) is 1.93. The Kier molecular flexibility index (Phi) is 3.01. The van der Waals surface area contributed by atoms with Crippen LogP contribution in [-0.4, -0.2) is 4.92 Å². The number of rotatable bonds is 3. The second-order valence-corrected chi connectivity index (χ2v) is 2.46. The highest BCUT2D eigenvalue weighted by Gasteiger charge is 2.10. The largest absolute Gasteiger partial charge is 0.273 e. The van der Waals surface area contributed by atoms with Crippen LogP contribution in [-0.2, 0) is 6.54 Å². The summed E-state index contributed by atoms with van der Waals surface area (Å²) < 4.78 is 0. The summed E-state index contributed by atoms with van der Waals surface area (Å²) in [6.07, 6.45) is 0. The Bertz CT molecular complexity index is 290. The van der Waals surface area contributed by atoms with E-state index in [1.54, 1.807) is 18.2 Å². The molecular weight excluding hydrogens is 180 g/mol. The third-order valence-electron chi connectivity index (χ3n) is 1.45. The summed E-state index contributed by atoms with van der Waals surface area (Å²) in [6, 6.07) is 6.46. The maximum Gasteiger partial charge on any atom is 0.273 e. The maximum absolute atomic E-state index is 10.4. The van der Waals surface area contributed by atoms with Crippen LogP contribution in [0, 0.1) is 10.1 Å². The molecule has 12 heavy (non-hydrogen) atoms. The molecule has 1 N–H and O–H groups in total. The van der Waals surface area contributed by atoms with E-state index in [9.17, 15) is 10.1 Å². The highest BCUT2D eigenvalue weighted by molar-refractivity contribution is 6.13. The highest BCUT2D eigenvalue weighted by atomic mass is 35.5. The minimum Gasteiger partial charge on any atom is -0.258 e. The molecule has 64 valence electrons. The highest BCUT2D eigenvalue weighted by Crippen LogP contribution is 2.16. The van der Waals surface area contributed by atoms with E-state index in [0.717, 1.165) is 0 Å². The summed E-state index contributed by atoms with van der Waals surface area (Å²) in [7, 11) is 0. The fourth-order valence-electron chi connectivity index (χ4n) is 0.910. The van der Waals surface area contributed by atoms with Crippen LogP contribution in [0.5, 0.6) is 0 Å². The molecule has 0 spiro atoms. The van der Waals surface area contributed by atoms with Crippen LogP contribution in [0.4, 0.5) is 5.69 Å². The van der Waals surface area contributed by atoms with Gasteiger partial charge in [-0.05, 0) is 11.8 Å². The van der Waals surface area contributed by atoms with Crippen molar-refractivity contribution in [3.8, 4) is 0 Å². The molecule has 0 heterocycles. The zero-order chi connectivity index (χ0) is 8.97. The molecule has 0 aliphatic heterocycles. The average Bonchev–Trinajstić information content (AvgIpc) is 2.05. The predicted octanol–water partition coefficient (Wildman–Crippen LogP) is 1.84. The molecule has 1 aromatic carbocycles. The molecule has 0 bridgehead atoms. The average molecular weight is 187 g/mol. The fraction of sp³-hybridized carbons (Fsp3) is 0.143. The number of halogens is 1. The van der Waals surface area contributed by atoms with Crippen LogP contribution in [0.2, 0.25) is 0 Å². The molecule has 0 radical (unpaired) electrons. The van der Waals surface area contributed by atoms with E-state index >= 15 is 0 Å². The van der Waals surface area contributed by atoms with Crippen molar-refractivity contribution in [2.24, 2.45) is 0 Å². The lowest BCUT2D eigenvalue weighted by Crippen LogP contribution is -2.02. The van der Waals surface area contributed by atoms with Crippen molar-refractivity contribution >= 4 is 17.5 Å². The Labute approximate surface area is 74.4 Å². The smallest absolute Gasteiger partial charge is 0.258 e. The first-order valence-corrected chi connectivity index (χ1v) is 3.69. The minimum atomic E-state index is -0.427. The first kappa shape index (κ1) is 8.96. The second-order valence-electron chi connectivity index (χ2n) is 2.20. The number of hydrogen-bond donors (Lipinski definition) is 1. The van der Waals surface area contributed by atoms with Crippen LogP contribution in [0.3, 0.4) is 0 Å². The second kappa shape index (κ2) is 4.04. The Morgan fingerprint density at radius 2 is 2.17 bits per heavy atom. The molecule has 1 rings (SSSR count). The van der Waals surface area contributed by atoms with Crippen LogP contribution in [0.25, 0.3) is 0 Å². The van der Waals surface area contributed by atoms with Crippen molar-refractivity contribution in [1.82, 2.24) is 4.84 Å². The number of nitrogens with one attached hydrogen (secondary N) is 1. The van der Waals surface area contributed by atoms with Crippen molar-refractivity contribution in [2.75, 3.05) is 0 Å². The standard InChI is InChI=1S/C7H7ClN2O2/c8-9-5-6-3-1-2-4-7(6)10(11)12/h1-4,9H,5H2. The van der Waals surface area contributed by atoms with Crippen molar-refractivity contribution in [1.29, 1.82) is 0 Å². The summed E-state index contributed by atoms with van der Waals surface area (Å²) >= 11 is 5.24. The monoisotopic (exact) mass is 186 g/mol. The van der Waals surface area contributed by atoms with Gasteiger partial charge in [-0.3, -0.25) is 10.1 Å². The number of benzene rings is 1. The van der Waals surface area contributed by atoms with E-state index in [0.29, 0.717) is 12.1 Å². The van der Waals surface area contributed by atoms with Gasteiger partial charge in [-0.1, -0.05) is 18.2 Å². The molecule has 0 aromatic heterocycles. The molecule has 0 aliphatic carbocycles. The fourth-order valence-corrected chi connectivity index (χ4v) is 1.05. The lowest BCUT2D eigenvalue weighted by atomic mass is 10.2. The van der Waals surface area contributed by atoms with Gasteiger partial charge in [0.25, 0.3) is 5.69 Å². The molecule has 0 atom stereocenters. The summed E-state index contributed by atoms with van der Waals surface area (Å²) in [6.45, 7) is 0.290. The quantitative estimate of drug-likeness (QED) is 0.445. The lowest BCUT2D eigenvalue weighted by molar-refractivity contribution is -0.385.